The predicted molar refractivity (Wildman–Crippen MR) is 93.1 cm³/mol. The van der Waals surface area contributed by atoms with Gasteiger partial charge in [-0.05, 0) is 17.9 Å². The van der Waals surface area contributed by atoms with Crippen molar-refractivity contribution in [2.45, 2.75) is 18.9 Å². The summed E-state index contributed by atoms with van der Waals surface area (Å²) in [7, 11) is 1.56. The number of rotatable bonds is 5. The summed E-state index contributed by atoms with van der Waals surface area (Å²) in [6.07, 6.45) is 0.854. The van der Waals surface area contributed by atoms with Gasteiger partial charge in [0.25, 0.3) is 5.91 Å². The zero-order chi connectivity index (χ0) is 15.9. The summed E-state index contributed by atoms with van der Waals surface area (Å²) < 4.78 is 5.16. The minimum absolute atomic E-state index is 0. The molecule has 0 aliphatic carbocycles. The molecule has 1 aliphatic rings. The van der Waals surface area contributed by atoms with E-state index in [1.54, 1.807) is 7.11 Å². The summed E-state index contributed by atoms with van der Waals surface area (Å²) in [6, 6.07) is 1.84. The van der Waals surface area contributed by atoms with Crippen LogP contribution < -0.4 is 5.73 Å². The molecule has 1 atom stereocenters. The van der Waals surface area contributed by atoms with E-state index in [1.165, 1.54) is 11.3 Å². The van der Waals surface area contributed by atoms with Crippen LogP contribution in [0.4, 0.5) is 0 Å². The maximum atomic E-state index is 12.4. The maximum Gasteiger partial charge on any atom is 0.254 e. The van der Waals surface area contributed by atoms with E-state index in [0.29, 0.717) is 39.1 Å². The Labute approximate surface area is 147 Å². The van der Waals surface area contributed by atoms with Gasteiger partial charge in [-0.3, -0.25) is 9.59 Å². The quantitative estimate of drug-likeness (QED) is 0.855. The van der Waals surface area contributed by atoms with Crippen molar-refractivity contribution in [1.82, 2.24) is 9.80 Å². The Morgan fingerprint density at radius 1 is 1.30 bits per heavy atom. The van der Waals surface area contributed by atoms with Gasteiger partial charge < -0.3 is 20.3 Å². The normalized spacial score (nSPS) is 16.4. The fourth-order valence-electron chi connectivity index (χ4n) is 2.53. The molecule has 1 aromatic heterocycles. The molecule has 0 radical (unpaired) electrons. The molecule has 0 saturated carbocycles. The summed E-state index contributed by atoms with van der Waals surface area (Å²) in [5.41, 5.74) is 6.29. The van der Waals surface area contributed by atoms with Crippen molar-refractivity contribution in [3.63, 3.8) is 0 Å². The summed E-state index contributed by atoms with van der Waals surface area (Å²) in [4.78, 5) is 28.3. The third-order valence-corrected chi connectivity index (χ3v) is 4.59. The molecule has 1 aliphatic heterocycles. The lowest BCUT2D eigenvalue weighted by atomic mass is 10.2. The van der Waals surface area contributed by atoms with E-state index in [2.05, 4.69) is 0 Å². The van der Waals surface area contributed by atoms with E-state index in [0.717, 1.165) is 12.0 Å². The van der Waals surface area contributed by atoms with Crippen molar-refractivity contribution in [3.8, 4) is 0 Å². The molecular weight excluding hydrogens is 338 g/mol. The first-order valence-electron chi connectivity index (χ1n) is 7.47. The van der Waals surface area contributed by atoms with E-state index in [4.69, 9.17) is 10.5 Å². The molecule has 1 fully saturated rings. The highest BCUT2D eigenvalue weighted by molar-refractivity contribution is 7.08. The monoisotopic (exact) mass is 361 g/mol. The van der Waals surface area contributed by atoms with E-state index < -0.39 is 0 Å². The number of nitrogens with zero attached hydrogens (tertiary/aromatic N) is 2. The minimum Gasteiger partial charge on any atom is -0.380 e. The third-order valence-electron chi connectivity index (χ3n) is 3.90. The molecule has 2 rings (SSSR count). The predicted octanol–water partition coefficient (Wildman–Crippen LogP) is 1.21. The number of methoxy groups -OCH3 is 1. The van der Waals surface area contributed by atoms with Gasteiger partial charge in [0.1, 0.15) is 0 Å². The summed E-state index contributed by atoms with van der Waals surface area (Å²) >= 11 is 1.52. The van der Waals surface area contributed by atoms with Crippen molar-refractivity contribution >= 4 is 35.6 Å². The van der Waals surface area contributed by atoms with Gasteiger partial charge in [0.05, 0.1) is 18.1 Å². The molecule has 130 valence electrons. The highest BCUT2D eigenvalue weighted by atomic mass is 35.5. The van der Waals surface area contributed by atoms with Crippen molar-refractivity contribution in [1.29, 1.82) is 0 Å². The average molecular weight is 362 g/mol. The van der Waals surface area contributed by atoms with Gasteiger partial charge in [-0.25, -0.2) is 0 Å². The van der Waals surface area contributed by atoms with E-state index in [-0.39, 0.29) is 30.3 Å². The number of carbonyl (C=O) groups is 2. The van der Waals surface area contributed by atoms with Gasteiger partial charge in [0.15, 0.2) is 0 Å². The number of hydrogen-bond acceptors (Lipinski definition) is 5. The minimum atomic E-state index is -0.237. The lowest BCUT2D eigenvalue weighted by Gasteiger charge is -2.23. The second-order valence-electron chi connectivity index (χ2n) is 5.34. The summed E-state index contributed by atoms with van der Waals surface area (Å²) in [5.74, 6) is 0.0920. The first-order valence-corrected chi connectivity index (χ1v) is 8.42. The Morgan fingerprint density at radius 2 is 2.00 bits per heavy atom. The molecule has 0 aromatic carbocycles. The van der Waals surface area contributed by atoms with Crippen LogP contribution in [0.2, 0.25) is 0 Å². The van der Waals surface area contributed by atoms with Crippen LogP contribution in [-0.4, -0.2) is 67.6 Å². The van der Waals surface area contributed by atoms with Crippen LogP contribution in [0, 0.1) is 0 Å². The molecular formula is C15H24ClN3O3S. The number of amides is 2. The summed E-state index contributed by atoms with van der Waals surface area (Å²) in [5, 5.41) is 3.76. The third kappa shape index (κ3) is 5.46. The van der Waals surface area contributed by atoms with Crippen LogP contribution in [0.5, 0.6) is 0 Å². The number of nitrogens with two attached hydrogens (primary N) is 1. The molecule has 23 heavy (non-hydrogen) atoms. The van der Waals surface area contributed by atoms with Crippen molar-refractivity contribution in [2.24, 2.45) is 5.73 Å². The zero-order valence-electron chi connectivity index (χ0n) is 13.3. The number of hydrogen-bond donors (Lipinski definition) is 1. The van der Waals surface area contributed by atoms with Crippen LogP contribution in [-0.2, 0) is 9.53 Å². The van der Waals surface area contributed by atoms with Gasteiger partial charge in [-0.1, -0.05) is 0 Å². The first kappa shape index (κ1) is 19.9. The Balaban J connectivity index is 0.00000264. The topological polar surface area (TPSA) is 75.9 Å². The van der Waals surface area contributed by atoms with E-state index in [9.17, 15) is 9.59 Å². The average Bonchev–Trinajstić information content (AvgIpc) is 2.96. The highest BCUT2D eigenvalue weighted by Crippen LogP contribution is 2.13. The largest absolute Gasteiger partial charge is 0.380 e. The first-order chi connectivity index (χ1) is 10.7. The Bertz CT molecular complexity index is 494. The van der Waals surface area contributed by atoms with Gasteiger partial charge in [-0.2, -0.15) is 11.3 Å². The smallest absolute Gasteiger partial charge is 0.254 e. The SMILES string of the molecule is COC(CN)CC(=O)N1CCCN(C(=O)c2ccsc2)CC1.Cl. The lowest BCUT2D eigenvalue weighted by Crippen LogP contribution is -2.39. The van der Waals surface area contributed by atoms with Crippen LogP contribution in [0.15, 0.2) is 16.8 Å². The van der Waals surface area contributed by atoms with E-state index >= 15 is 0 Å². The number of halogens is 1. The Kier molecular flexibility index (Phi) is 8.54. The molecule has 6 nitrogen and oxygen atoms in total. The van der Waals surface area contributed by atoms with Gasteiger partial charge >= 0.3 is 0 Å². The van der Waals surface area contributed by atoms with Crippen LogP contribution in [0.25, 0.3) is 0 Å². The fourth-order valence-corrected chi connectivity index (χ4v) is 3.16. The van der Waals surface area contributed by atoms with Crippen LogP contribution >= 0.6 is 23.7 Å². The molecule has 8 heteroatoms. The maximum absolute atomic E-state index is 12.4. The molecule has 1 unspecified atom stereocenters. The van der Waals surface area contributed by atoms with Crippen LogP contribution in [0.3, 0.4) is 0 Å². The fraction of sp³-hybridized carbons (Fsp3) is 0.600. The summed E-state index contributed by atoms with van der Waals surface area (Å²) in [6.45, 7) is 2.82. The van der Waals surface area contributed by atoms with Gasteiger partial charge in [-0.15, -0.1) is 12.4 Å². The molecule has 2 N–H and O–H groups in total. The molecule has 1 saturated heterocycles. The Morgan fingerprint density at radius 3 is 2.61 bits per heavy atom. The lowest BCUT2D eigenvalue weighted by molar-refractivity contribution is -0.133. The van der Waals surface area contributed by atoms with Crippen molar-refractivity contribution in [2.75, 3.05) is 39.8 Å². The van der Waals surface area contributed by atoms with Crippen molar-refractivity contribution < 1.29 is 14.3 Å². The Hall–Kier alpha value is -1.15. The van der Waals surface area contributed by atoms with Gasteiger partial charge in [0.2, 0.25) is 5.91 Å². The number of carbonyl (C=O) groups excluding carboxylic acids is 2. The second-order valence-corrected chi connectivity index (χ2v) is 6.12. The van der Waals surface area contributed by atoms with Crippen LogP contribution in [0.1, 0.15) is 23.2 Å². The van der Waals surface area contributed by atoms with Gasteiger partial charge in [0, 0.05) is 45.2 Å². The molecule has 0 spiro atoms. The van der Waals surface area contributed by atoms with E-state index in [1.807, 2.05) is 26.6 Å². The van der Waals surface area contributed by atoms with Crippen molar-refractivity contribution in [3.05, 3.63) is 22.4 Å². The molecule has 2 amide bonds. The molecule has 0 bridgehead atoms. The highest BCUT2D eigenvalue weighted by Gasteiger charge is 2.24. The standard InChI is InChI=1S/C15H23N3O3S.ClH/c1-21-13(10-16)9-14(19)17-4-2-5-18(7-6-17)15(20)12-3-8-22-11-12;/h3,8,11,13H,2,4-7,9-10,16H2,1H3;1H. The molecule has 1 aromatic rings. The second kappa shape index (κ2) is 9.87. The number of thiophene rings is 1. The zero-order valence-corrected chi connectivity index (χ0v) is 14.9. The molecule has 2 heterocycles. The number of ether oxygens (including phenoxy) is 1.